The lowest BCUT2D eigenvalue weighted by molar-refractivity contribution is 0.604. The molecular weight excluding hydrogens is 259 g/mol. The number of thiophene rings is 1. The van der Waals surface area contributed by atoms with Crippen LogP contribution in [0.25, 0.3) is 0 Å². The molecule has 0 aliphatic rings. The average molecular weight is 271 g/mol. The van der Waals surface area contributed by atoms with Crippen molar-refractivity contribution < 1.29 is 4.39 Å². The van der Waals surface area contributed by atoms with Gasteiger partial charge in [0.2, 0.25) is 0 Å². The maximum atomic E-state index is 14.0. The molecule has 0 N–H and O–H groups in total. The highest BCUT2D eigenvalue weighted by Gasteiger charge is 2.13. The van der Waals surface area contributed by atoms with Crippen LogP contribution in [0.2, 0.25) is 0 Å². The van der Waals surface area contributed by atoms with Crippen molar-refractivity contribution in [1.82, 2.24) is 4.98 Å². The third kappa shape index (κ3) is 2.76. The van der Waals surface area contributed by atoms with E-state index in [1.165, 1.54) is 0 Å². The number of rotatable bonds is 4. The standard InChI is InChI=1S/C12H12ClFN2S/c1-16(7-9-3-5-17-8-9)12-11(14)10(6-13)2-4-15-12/h2-5,8H,6-7H2,1H3. The maximum Gasteiger partial charge on any atom is 0.170 e. The van der Waals surface area contributed by atoms with Crippen molar-refractivity contribution >= 4 is 28.8 Å². The van der Waals surface area contributed by atoms with Crippen LogP contribution in [0.15, 0.2) is 29.1 Å². The summed E-state index contributed by atoms with van der Waals surface area (Å²) in [5, 5.41) is 4.04. The van der Waals surface area contributed by atoms with Crippen molar-refractivity contribution in [2.45, 2.75) is 12.4 Å². The van der Waals surface area contributed by atoms with Crippen LogP contribution in [0.3, 0.4) is 0 Å². The second kappa shape index (κ2) is 5.47. The van der Waals surface area contributed by atoms with E-state index in [-0.39, 0.29) is 11.7 Å². The number of aromatic nitrogens is 1. The summed E-state index contributed by atoms with van der Waals surface area (Å²) in [6.45, 7) is 0.638. The Morgan fingerprint density at radius 3 is 2.94 bits per heavy atom. The van der Waals surface area contributed by atoms with Crippen LogP contribution in [-0.2, 0) is 12.4 Å². The minimum absolute atomic E-state index is 0.160. The smallest absolute Gasteiger partial charge is 0.170 e. The quantitative estimate of drug-likeness (QED) is 0.789. The van der Waals surface area contributed by atoms with Gasteiger partial charge in [-0.1, -0.05) is 0 Å². The molecule has 0 fully saturated rings. The summed E-state index contributed by atoms with van der Waals surface area (Å²) in [6.07, 6.45) is 1.58. The number of halogens is 2. The van der Waals surface area contributed by atoms with Gasteiger partial charge < -0.3 is 4.90 Å². The Morgan fingerprint density at radius 2 is 2.29 bits per heavy atom. The average Bonchev–Trinajstić information content (AvgIpc) is 2.82. The Morgan fingerprint density at radius 1 is 1.47 bits per heavy atom. The Balaban J connectivity index is 2.22. The summed E-state index contributed by atoms with van der Waals surface area (Å²) in [6, 6.07) is 3.62. The van der Waals surface area contributed by atoms with Crippen LogP contribution >= 0.6 is 22.9 Å². The Hall–Kier alpha value is -1.13. The first kappa shape index (κ1) is 12.3. The molecule has 90 valence electrons. The first-order chi connectivity index (χ1) is 8.22. The number of nitrogens with zero attached hydrogens (tertiary/aromatic N) is 2. The molecule has 2 heterocycles. The Kier molecular flexibility index (Phi) is 3.97. The number of hydrogen-bond donors (Lipinski definition) is 0. The third-order valence-corrected chi connectivity index (χ3v) is 3.48. The van der Waals surface area contributed by atoms with Gasteiger partial charge in [0.25, 0.3) is 0 Å². The van der Waals surface area contributed by atoms with Gasteiger partial charge in [-0.25, -0.2) is 9.37 Å². The molecule has 0 aliphatic carbocycles. The third-order valence-electron chi connectivity index (χ3n) is 2.46. The molecule has 0 spiro atoms. The molecule has 2 rings (SSSR count). The van der Waals surface area contributed by atoms with Gasteiger partial charge >= 0.3 is 0 Å². The van der Waals surface area contributed by atoms with Gasteiger partial charge in [0.05, 0.1) is 5.88 Å². The van der Waals surface area contributed by atoms with E-state index in [0.29, 0.717) is 17.9 Å². The second-order valence-electron chi connectivity index (χ2n) is 3.73. The van der Waals surface area contributed by atoms with E-state index in [0.717, 1.165) is 5.56 Å². The van der Waals surface area contributed by atoms with Gasteiger partial charge in [-0.2, -0.15) is 11.3 Å². The minimum atomic E-state index is -0.333. The molecule has 0 aliphatic heterocycles. The van der Waals surface area contributed by atoms with Crippen LogP contribution in [0, 0.1) is 5.82 Å². The van der Waals surface area contributed by atoms with Gasteiger partial charge in [-0.3, -0.25) is 0 Å². The van der Waals surface area contributed by atoms with Gasteiger partial charge in [0.15, 0.2) is 11.6 Å². The highest BCUT2D eigenvalue weighted by molar-refractivity contribution is 7.07. The van der Waals surface area contributed by atoms with Crippen LogP contribution in [0.5, 0.6) is 0 Å². The fourth-order valence-electron chi connectivity index (χ4n) is 1.57. The molecular formula is C12H12ClFN2S. The predicted octanol–water partition coefficient (Wildman–Crippen LogP) is 3.66. The molecule has 5 heteroatoms. The van der Waals surface area contributed by atoms with Crippen LogP contribution < -0.4 is 4.90 Å². The Labute approximate surface area is 109 Å². The first-order valence-corrected chi connectivity index (χ1v) is 6.61. The van der Waals surface area contributed by atoms with E-state index in [1.807, 2.05) is 23.9 Å². The summed E-state index contributed by atoms with van der Waals surface area (Å²) in [4.78, 5) is 5.85. The van der Waals surface area contributed by atoms with E-state index in [9.17, 15) is 4.39 Å². The van der Waals surface area contributed by atoms with Gasteiger partial charge in [-0.05, 0) is 28.5 Å². The summed E-state index contributed by atoms with van der Waals surface area (Å²) >= 11 is 7.29. The van der Waals surface area contributed by atoms with Gasteiger partial charge in [0.1, 0.15) is 0 Å². The van der Waals surface area contributed by atoms with Crippen molar-refractivity contribution in [3.8, 4) is 0 Å². The molecule has 0 radical (unpaired) electrons. The Bertz CT molecular complexity index is 487. The molecule has 2 nitrogen and oxygen atoms in total. The van der Waals surface area contributed by atoms with E-state index >= 15 is 0 Å². The highest BCUT2D eigenvalue weighted by atomic mass is 35.5. The van der Waals surface area contributed by atoms with Crippen molar-refractivity contribution in [2.24, 2.45) is 0 Å². The summed E-state index contributed by atoms with van der Waals surface area (Å²) in [5.41, 5.74) is 1.63. The van der Waals surface area contributed by atoms with Crippen molar-refractivity contribution in [3.63, 3.8) is 0 Å². The molecule has 17 heavy (non-hydrogen) atoms. The van der Waals surface area contributed by atoms with Crippen LogP contribution in [-0.4, -0.2) is 12.0 Å². The van der Waals surface area contributed by atoms with Crippen molar-refractivity contribution in [1.29, 1.82) is 0 Å². The SMILES string of the molecule is CN(Cc1ccsc1)c1nccc(CCl)c1F. The molecule has 0 unspecified atom stereocenters. The molecule has 0 saturated heterocycles. The molecule has 2 aromatic rings. The molecule has 0 amide bonds. The van der Waals surface area contributed by atoms with E-state index in [2.05, 4.69) is 4.98 Å². The normalized spacial score (nSPS) is 10.5. The topological polar surface area (TPSA) is 16.1 Å². The fourth-order valence-corrected chi connectivity index (χ4v) is 2.44. The molecule has 0 saturated carbocycles. The maximum absolute atomic E-state index is 14.0. The largest absolute Gasteiger partial charge is 0.353 e. The van der Waals surface area contributed by atoms with Gasteiger partial charge in [-0.15, -0.1) is 11.6 Å². The van der Waals surface area contributed by atoms with Gasteiger partial charge in [0, 0.05) is 25.4 Å². The van der Waals surface area contributed by atoms with Crippen molar-refractivity contribution in [3.05, 3.63) is 46.0 Å². The molecule has 2 aromatic heterocycles. The highest BCUT2D eigenvalue weighted by Crippen LogP contribution is 2.21. The lowest BCUT2D eigenvalue weighted by Gasteiger charge is -2.18. The van der Waals surface area contributed by atoms with Crippen molar-refractivity contribution in [2.75, 3.05) is 11.9 Å². The van der Waals surface area contributed by atoms with E-state index < -0.39 is 0 Å². The zero-order valence-electron chi connectivity index (χ0n) is 9.36. The number of hydrogen-bond acceptors (Lipinski definition) is 3. The monoisotopic (exact) mass is 270 g/mol. The number of alkyl halides is 1. The summed E-state index contributed by atoms with van der Waals surface area (Å²) < 4.78 is 14.0. The van der Waals surface area contributed by atoms with Crippen LogP contribution in [0.1, 0.15) is 11.1 Å². The lowest BCUT2D eigenvalue weighted by Crippen LogP contribution is -2.19. The number of pyridine rings is 1. The fraction of sp³-hybridized carbons (Fsp3) is 0.250. The zero-order chi connectivity index (χ0) is 12.3. The van der Waals surface area contributed by atoms with E-state index in [4.69, 9.17) is 11.6 Å². The minimum Gasteiger partial charge on any atom is -0.353 e. The first-order valence-electron chi connectivity index (χ1n) is 5.14. The summed E-state index contributed by atoms with van der Waals surface area (Å²) in [7, 11) is 1.82. The van der Waals surface area contributed by atoms with Crippen LogP contribution in [0.4, 0.5) is 10.2 Å². The lowest BCUT2D eigenvalue weighted by atomic mass is 10.2. The zero-order valence-corrected chi connectivity index (χ0v) is 10.9. The number of anilines is 1. The summed E-state index contributed by atoms with van der Waals surface area (Å²) in [5.74, 6) is 0.169. The molecule has 0 aromatic carbocycles. The predicted molar refractivity (Wildman–Crippen MR) is 70.2 cm³/mol. The second-order valence-corrected chi connectivity index (χ2v) is 4.78. The van der Waals surface area contributed by atoms with E-state index in [1.54, 1.807) is 28.5 Å². The molecule has 0 bridgehead atoms. The molecule has 0 atom stereocenters.